The highest BCUT2D eigenvalue weighted by Gasteiger charge is 2.37. The fourth-order valence-corrected chi connectivity index (χ4v) is 2.13. The zero-order chi connectivity index (χ0) is 13.9. The summed E-state index contributed by atoms with van der Waals surface area (Å²) in [7, 11) is 0. The van der Waals surface area contributed by atoms with E-state index in [0.717, 1.165) is 23.5 Å². The van der Waals surface area contributed by atoms with Crippen LogP contribution < -0.4 is 0 Å². The van der Waals surface area contributed by atoms with Crippen molar-refractivity contribution in [2.24, 2.45) is 0 Å². The zero-order valence-corrected chi connectivity index (χ0v) is 12.1. The third-order valence-corrected chi connectivity index (χ3v) is 3.54. The SMILES string of the molecule is CCc1nn(CC)c(COC(C)C(F)(F)F)c1Br. The van der Waals surface area contributed by atoms with Crippen molar-refractivity contribution in [1.29, 1.82) is 0 Å². The third-order valence-electron chi connectivity index (χ3n) is 2.63. The van der Waals surface area contributed by atoms with Crippen molar-refractivity contribution >= 4 is 15.9 Å². The molecule has 0 aliphatic rings. The molecule has 1 unspecified atom stereocenters. The Kier molecular flexibility index (Phi) is 5.21. The lowest BCUT2D eigenvalue weighted by Crippen LogP contribution is -2.28. The van der Waals surface area contributed by atoms with Crippen molar-refractivity contribution < 1.29 is 17.9 Å². The van der Waals surface area contributed by atoms with Gasteiger partial charge in [0.15, 0.2) is 6.10 Å². The van der Waals surface area contributed by atoms with E-state index in [1.54, 1.807) is 4.68 Å². The topological polar surface area (TPSA) is 27.1 Å². The van der Waals surface area contributed by atoms with Crippen molar-refractivity contribution in [2.45, 2.75) is 52.6 Å². The minimum absolute atomic E-state index is 0.109. The second kappa shape index (κ2) is 6.06. The van der Waals surface area contributed by atoms with Crippen LogP contribution in [0.1, 0.15) is 32.2 Å². The zero-order valence-electron chi connectivity index (χ0n) is 10.5. The molecule has 0 N–H and O–H groups in total. The number of hydrogen-bond donors (Lipinski definition) is 0. The summed E-state index contributed by atoms with van der Waals surface area (Å²) in [5, 5.41) is 4.30. The van der Waals surface area contributed by atoms with Crippen molar-refractivity contribution in [2.75, 3.05) is 0 Å². The normalized spacial score (nSPS) is 13.9. The van der Waals surface area contributed by atoms with Crippen molar-refractivity contribution in [3.63, 3.8) is 0 Å². The number of hydrogen-bond acceptors (Lipinski definition) is 2. The largest absolute Gasteiger partial charge is 0.414 e. The summed E-state index contributed by atoms with van der Waals surface area (Å²) in [5.74, 6) is 0. The van der Waals surface area contributed by atoms with E-state index in [0.29, 0.717) is 12.2 Å². The smallest absolute Gasteiger partial charge is 0.363 e. The van der Waals surface area contributed by atoms with Crippen LogP contribution in [0.5, 0.6) is 0 Å². The van der Waals surface area contributed by atoms with Crippen molar-refractivity contribution in [3.05, 3.63) is 15.9 Å². The molecule has 1 rings (SSSR count). The first-order valence-corrected chi connectivity index (χ1v) is 6.52. The van der Waals surface area contributed by atoms with Crippen LogP contribution in [0.25, 0.3) is 0 Å². The van der Waals surface area contributed by atoms with Crippen LogP contribution in [0, 0.1) is 0 Å². The van der Waals surface area contributed by atoms with Crippen molar-refractivity contribution in [1.82, 2.24) is 9.78 Å². The summed E-state index contributed by atoms with van der Waals surface area (Å²) in [6.07, 6.45) is -5.40. The lowest BCUT2D eigenvalue weighted by atomic mass is 10.3. The van der Waals surface area contributed by atoms with E-state index < -0.39 is 12.3 Å². The van der Waals surface area contributed by atoms with Crippen molar-refractivity contribution in [3.8, 4) is 0 Å². The average molecular weight is 329 g/mol. The van der Waals surface area contributed by atoms with Gasteiger partial charge in [0.2, 0.25) is 0 Å². The first-order chi connectivity index (χ1) is 8.31. The van der Waals surface area contributed by atoms with Crippen LogP contribution in [0.3, 0.4) is 0 Å². The van der Waals surface area contributed by atoms with Gasteiger partial charge in [0.05, 0.1) is 22.5 Å². The van der Waals surface area contributed by atoms with Crippen LogP contribution in [-0.4, -0.2) is 22.1 Å². The molecule has 0 aliphatic heterocycles. The van der Waals surface area contributed by atoms with Gasteiger partial charge in [-0.05, 0) is 36.2 Å². The molecule has 0 radical (unpaired) electrons. The summed E-state index contributed by atoms with van der Waals surface area (Å²) in [4.78, 5) is 0. The number of rotatable bonds is 5. The number of alkyl halides is 3. The molecule has 0 amide bonds. The Balaban J connectivity index is 2.81. The van der Waals surface area contributed by atoms with Gasteiger partial charge in [-0.25, -0.2) is 0 Å². The second-order valence-electron chi connectivity index (χ2n) is 3.87. The minimum atomic E-state index is -4.34. The maximum atomic E-state index is 12.3. The first-order valence-electron chi connectivity index (χ1n) is 5.73. The maximum Gasteiger partial charge on any atom is 0.414 e. The van der Waals surface area contributed by atoms with Crippen LogP contribution in [0.2, 0.25) is 0 Å². The monoisotopic (exact) mass is 328 g/mol. The molecule has 0 bridgehead atoms. The van der Waals surface area contributed by atoms with E-state index in [-0.39, 0.29) is 6.61 Å². The van der Waals surface area contributed by atoms with Crippen LogP contribution in [-0.2, 0) is 24.3 Å². The molecule has 0 fully saturated rings. The molecule has 0 aliphatic carbocycles. The summed E-state index contributed by atoms with van der Waals surface area (Å²) in [6, 6.07) is 0. The molecule has 3 nitrogen and oxygen atoms in total. The Morgan fingerprint density at radius 1 is 1.39 bits per heavy atom. The van der Waals surface area contributed by atoms with Gasteiger partial charge in [0, 0.05) is 6.54 Å². The lowest BCUT2D eigenvalue weighted by Gasteiger charge is -2.16. The molecule has 7 heteroatoms. The summed E-state index contributed by atoms with van der Waals surface area (Å²) >= 11 is 3.36. The van der Waals surface area contributed by atoms with Gasteiger partial charge < -0.3 is 4.74 Å². The molecule has 1 atom stereocenters. The number of aryl methyl sites for hydroxylation is 2. The highest BCUT2D eigenvalue weighted by atomic mass is 79.9. The van der Waals surface area contributed by atoms with E-state index in [1.165, 1.54) is 0 Å². The van der Waals surface area contributed by atoms with Crippen LogP contribution in [0.15, 0.2) is 4.47 Å². The van der Waals surface area contributed by atoms with E-state index in [1.807, 2.05) is 13.8 Å². The Morgan fingerprint density at radius 3 is 2.44 bits per heavy atom. The number of nitrogens with zero attached hydrogens (tertiary/aromatic N) is 2. The molecular weight excluding hydrogens is 313 g/mol. The average Bonchev–Trinajstić information content (AvgIpc) is 2.61. The van der Waals surface area contributed by atoms with Gasteiger partial charge in [-0.2, -0.15) is 18.3 Å². The Hall–Kier alpha value is -0.560. The quantitative estimate of drug-likeness (QED) is 0.824. The predicted molar refractivity (Wildman–Crippen MR) is 65.3 cm³/mol. The summed E-state index contributed by atoms with van der Waals surface area (Å²) in [5.41, 5.74) is 1.47. The minimum Gasteiger partial charge on any atom is -0.363 e. The standard InChI is InChI=1S/C11H16BrF3N2O/c1-4-8-10(12)9(17(5-2)16-8)6-18-7(3)11(13,14)15/h7H,4-6H2,1-3H3. The number of ether oxygens (including phenoxy) is 1. The van der Waals surface area contributed by atoms with Gasteiger partial charge in [-0.3, -0.25) is 4.68 Å². The molecule has 1 aromatic heterocycles. The van der Waals surface area contributed by atoms with Gasteiger partial charge in [-0.1, -0.05) is 6.92 Å². The molecule has 1 aromatic rings. The molecule has 0 aromatic carbocycles. The Labute approximate surface area is 112 Å². The van der Waals surface area contributed by atoms with E-state index in [4.69, 9.17) is 4.74 Å². The lowest BCUT2D eigenvalue weighted by molar-refractivity contribution is -0.217. The van der Waals surface area contributed by atoms with Crippen LogP contribution in [0.4, 0.5) is 13.2 Å². The fourth-order valence-electron chi connectivity index (χ4n) is 1.45. The van der Waals surface area contributed by atoms with Gasteiger partial charge >= 0.3 is 6.18 Å². The maximum absolute atomic E-state index is 12.3. The fraction of sp³-hybridized carbons (Fsp3) is 0.727. The Bertz CT molecular complexity index is 404. The Morgan fingerprint density at radius 2 is 2.00 bits per heavy atom. The molecule has 18 heavy (non-hydrogen) atoms. The predicted octanol–water partition coefficient (Wildman–Crippen LogP) is 3.70. The molecule has 104 valence electrons. The van der Waals surface area contributed by atoms with E-state index in [2.05, 4.69) is 21.0 Å². The molecular formula is C11H16BrF3N2O. The number of halogens is 4. The molecule has 1 heterocycles. The first kappa shape index (κ1) is 15.5. The van der Waals surface area contributed by atoms with Gasteiger partial charge in [0.1, 0.15) is 0 Å². The molecule has 0 saturated heterocycles. The van der Waals surface area contributed by atoms with E-state index in [9.17, 15) is 13.2 Å². The highest BCUT2D eigenvalue weighted by Crippen LogP contribution is 2.26. The van der Waals surface area contributed by atoms with Crippen LogP contribution >= 0.6 is 15.9 Å². The van der Waals surface area contributed by atoms with Gasteiger partial charge in [-0.15, -0.1) is 0 Å². The highest BCUT2D eigenvalue weighted by molar-refractivity contribution is 9.10. The molecule has 0 saturated carbocycles. The third kappa shape index (κ3) is 3.47. The molecule has 0 spiro atoms. The van der Waals surface area contributed by atoms with E-state index >= 15 is 0 Å². The van der Waals surface area contributed by atoms with Gasteiger partial charge in [0.25, 0.3) is 0 Å². The second-order valence-corrected chi connectivity index (χ2v) is 4.66. The summed E-state index contributed by atoms with van der Waals surface area (Å²) < 4.78 is 44.3. The summed E-state index contributed by atoms with van der Waals surface area (Å²) in [6.45, 7) is 5.31. The number of aromatic nitrogens is 2.